The van der Waals surface area contributed by atoms with E-state index in [1.165, 1.54) is 12.1 Å². The smallest absolute Gasteiger partial charge is 0.337 e. The molecule has 140 valence electrons. The third-order valence-electron chi connectivity index (χ3n) is 4.62. The predicted molar refractivity (Wildman–Crippen MR) is 109 cm³/mol. The summed E-state index contributed by atoms with van der Waals surface area (Å²) in [6.45, 7) is 0.581. The minimum atomic E-state index is -0.994. The van der Waals surface area contributed by atoms with E-state index < -0.39 is 5.97 Å². The number of rotatable bonds is 5. The highest BCUT2D eigenvalue weighted by molar-refractivity contribution is 9.10. The molecule has 0 unspecified atom stereocenters. The molecule has 0 fully saturated rings. The van der Waals surface area contributed by atoms with Crippen LogP contribution in [0.5, 0.6) is 0 Å². The fourth-order valence-corrected chi connectivity index (χ4v) is 3.65. The van der Waals surface area contributed by atoms with E-state index in [-0.39, 0.29) is 11.4 Å². The number of nitrogens with zero attached hydrogens (tertiary/aromatic N) is 2. The number of hydrogen-bond acceptors (Lipinski definition) is 2. The number of aromatic carboxylic acids is 1. The topological polar surface area (TPSA) is 55.1 Å². The molecule has 0 aliphatic rings. The van der Waals surface area contributed by atoms with Gasteiger partial charge in [0, 0.05) is 35.3 Å². The third kappa shape index (κ3) is 3.82. The maximum absolute atomic E-state index is 13.4. The number of benzene rings is 2. The van der Waals surface area contributed by atoms with Crippen molar-refractivity contribution in [3.8, 4) is 0 Å². The summed E-state index contributed by atoms with van der Waals surface area (Å²) in [6.07, 6.45) is 4.01. The Hall–Kier alpha value is -2.99. The van der Waals surface area contributed by atoms with Gasteiger partial charge in [-0.3, -0.25) is 4.98 Å². The van der Waals surface area contributed by atoms with Gasteiger partial charge in [0.1, 0.15) is 5.82 Å². The Balaban J connectivity index is 1.62. The van der Waals surface area contributed by atoms with Gasteiger partial charge in [-0.1, -0.05) is 18.2 Å². The van der Waals surface area contributed by atoms with E-state index in [9.17, 15) is 14.3 Å². The number of carbonyl (C=O) groups is 1. The molecule has 2 aromatic carbocycles. The molecule has 0 aliphatic heterocycles. The van der Waals surface area contributed by atoms with Gasteiger partial charge in [0.15, 0.2) is 0 Å². The van der Waals surface area contributed by atoms with E-state index >= 15 is 0 Å². The molecule has 0 radical (unpaired) electrons. The Bertz CT molecular complexity index is 1190. The zero-order valence-corrected chi connectivity index (χ0v) is 16.4. The van der Waals surface area contributed by atoms with E-state index in [0.717, 1.165) is 22.0 Å². The SMILES string of the molecule is O=C(O)c1cc(Br)cnc1Cc1ccc2c(ccn2Cc2cccc(F)c2)c1. The van der Waals surface area contributed by atoms with Crippen molar-refractivity contribution in [1.29, 1.82) is 0 Å². The Kier molecular flexibility index (Phi) is 4.96. The van der Waals surface area contributed by atoms with Crippen molar-refractivity contribution in [3.63, 3.8) is 0 Å². The summed E-state index contributed by atoms with van der Waals surface area (Å²) >= 11 is 3.26. The van der Waals surface area contributed by atoms with E-state index in [4.69, 9.17) is 0 Å². The van der Waals surface area contributed by atoms with Gasteiger partial charge < -0.3 is 9.67 Å². The number of aromatic nitrogens is 2. The molecule has 0 bridgehead atoms. The highest BCUT2D eigenvalue weighted by atomic mass is 79.9. The summed E-state index contributed by atoms with van der Waals surface area (Å²) in [5.41, 5.74) is 3.63. The number of carboxylic acids is 1. The largest absolute Gasteiger partial charge is 0.478 e. The predicted octanol–water partition coefficient (Wildman–Crippen LogP) is 5.28. The van der Waals surface area contributed by atoms with Crippen molar-refractivity contribution in [2.45, 2.75) is 13.0 Å². The second-order valence-corrected chi connectivity index (χ2v) is 7.51. The first-order valence-corrected chi connectivity index (χ1v) is 9.49. The van der Waals surface area contributed by atoms with Crippen molar-refractivity contribution in [3.05, 3.63) is 99.7 Å². The molecule has 0 amide bonds. The normalized spacial score (nSPS) is 11.1. The summed E-state index contributed by atoms with van der Waals surface area (Å²) in [5, 5.41) is 10.5. The summed E-state index contributed by atoms with van der Waals surface area (Å²) in [4.78, 5) is 15.8. The van der Waals surface area contributed by atoms with Crippen LogP contribution in [0.4, 0.5) is 4.39 Å². The average Bonchev–Trinajstić information content (AvgIpc) is 3.05. The average molecular weight is 439 g/mol. The lowest BCUT2D eigenvalue weighted by atomic mass is 10.0. The van der Waals surface area contributed by atoms with E-state index in [1.807, 2.05) is 36.5 Å². The van der Waals surface area contributed by atoms with Crippen molar-refractivity contribution >= 4 is 32.8 Å². The molecular weight excluding hydrogens is 423 g/mol. The maximum Gasteiger partial charge on any atom is 0.337 e. The first-order valence-electron chi connectivity index (χ1n) is 8.69. The van der Waals surface area contributed by atoms with Gasteiger partial charge in [0.2, 0.25) is 0 Å². The Morgan fingerprint density at radius 1 is 1.11 bits per heavy atom. The van der Waals surface area contributed by atoms with Crippen LogP contribution in [0.1, 0.15) is 27.2 Å². The van der Waals surface area contributed by atoms with Crippen LogP contribution in [-0.2, 0) is 13.0 Å². The van der Waals surface area contributed by atoms with Crippen LogP contribution in [0.25, 0.3) is 10.9 Å². The van der Waals surface area contributed by atoms with Gasteiger partial charge in [0.05, 0.1) is 11.3 Å². The summed E-state index contributed by atoms with van der Waals surface area (Å²) in [5.74, 6) is -1.24. The monoisotopic (exact) mass is 438 g/mol. The molecule has 4 aromatic rings. The molecule has 0 atom stereocenters. The fourth-order valence-electron chi connectivity index (χ4n) is 3.32. The molecule has 28 heavy (non-hydrogen) atoms. The number of pyridine rings is 1. The fraction of sp³-hybridized carbons (Fsp3) is 0.0909. The molecule has 1 N–H and O–H groups in total. The van der Waals surface area contributed by atoms with E-state index in [0.29, 0.717) is 23.1 Å². The van der Waals surface area contributed by atoms with Gasteiger partial charge >= 0.3 is 5.97 Å². The van der Waals surface area contributed by atoms with Crippen molar-refractivity contribution in [1.82, 2.24) is 9.55 Å². The van der Waals surface area contributed by atoms with Gasteiger partial charge in [-0.2, -0.15) is 0 Å². The highest BCUT2D eigenvalue weighted by Crippen LogP contribution is 2.22. The molecule has 0 saturated heterocycles. The summed E-state index contributed by atoms with van der Waals surface area (Å²) in [6, 6.07) is 16.2. The zero-order valence-electron chi connectivity index (χ0n) is 14.8. The molecule has 0 spiro atoms. The van der Waals surface area contributed by atoms with Gasteiger partial charge in [-0.05, 0) is 68.8 Å². The summed E-state index contributed by atoms with van der Waals surface area (Å²) < 4.78 is 16.1. The van der Waals surface area contributed by atoms with Gasteiger partial charge in [0.25, 0.3) is 0 Å². The minimum absolute atomic E-state index is 0.193. The highest BCUT2D eigenvalue weighted by Gasteiger charge is 2.13. The van der Waals surface area contributed by atoms with Crippen LogP contribution in [-0.4, -0.2) is 20.6 Å². The number of hydrogen-bond donors (Lipinski definition) is 1. The van der Waals surface area contributed by atoms with E-state index in [1.54, 1.807) is 18.3 Å². The second-order valence-electron chi connectivity index (χ2n) is 6.60. The van der Waals surface area contributed by atoms with Crippen LogP contribution in [0, 0.1) is 5.82 Å². The van der Waals surface area contributed by atoms with Crippen LogP contribution >= 0.6 is 15.9 Å². The standard InChI is InChI=1S/C22H16BrFN2O2/c23-17-11-19(22(27)28)20(25-12-17)10-14-4-5-21-16(8-14)6-7-26(21)13-15-2-1-3-18(24)9-15/h1-9,11-12H,10,13H2,(H,27,28). The van der Waals surface area contributed by atoms with Crippen LogP contribution in [0.2, 0.25) is 0 Å². The molecular formula is C22H16BrFN2O2. The minimum Gasteiger partial charge on any atom is -0.478 e. The van der Waals surface area contributed by atoms with Gasteiger partial charge in [-0.15, -0.1) is 0 Å². The quantitative estimate of drug-likeness (QED) is 0.461. The molecule has 4 rings (SSSR count). The van der Waals surface area contributed by atoms with Crippen LogP contribution < -0.4 is 0 Å². The lowest BCUT2D eigenvalue weighted by molar-refractivity contribution is 0.0695. The molecule has 0 aliphatic carbocycles. The lowest BCUT2D eigenvalue weighted by Crippen LogP contribution is -2.05. The number of fused-ring (bicyclic) bond motifs is 1. The summed E-state index contributed by atoms with van der Waals surface area (Å²) in [7, 11) is 0. The van der Waals surface area contributed by atoms with Crippen molar-refractivity contribution < 1.29 is 14.3 Å². The second kappa shape index (κ2) is 7.56. The first-order chi connectivity index (χ1) is 13.5. The lowest BCUT2D eigenvalue weighted by Gasteiger charge is -2.08. The number of halogens is 2. The van der Waals surface area contributed by atoms with Gasteiger partial charge in [-0.25, -0.2) is 9.18 Å². The first kappa shape index (κ1) is 18.4. The Morgan fingerprint density at radius 3 is 2.75 bits per heavy atom. The Morgan fingerprint density at radius 2 is 1.96 bits per heavy atom. The molecule has 4 nitrogen and oxygen atoms in total. The third-order valence-corrected chi connectivity index (χ3v) is 5.05. The molecule has 6 heteroatoms. The zero-order chi connectivity index (χ0) is 19.7. The Labute approximate surface area is 169 Å². The maximum atomic E-state index is 13.4. The van der Waals surface area contributed by atoms with Crippen molar-refractivity contribution in [2.24, 2.45) is 0 Å². The van der Waals surface area contributed by atoms with Crippen molar-refractivity contribution in [2.75, 3.05) is 0 Å². The molecule has 2 aromatic heterocycles. The number of carboxylic acid groups (broad SMARTS) is 1. The molecule has 0 saturated carbocycles. The van der Waals surface area contributed by atoms with E-state index in [2.05, 4.69) is 25.5 Å². The molecule has 2 heterocycles. The van der Waals surface area contributed by atoms with Crippen LogP contribution in [0.3, 0.4) is 0 Å². The van der Waals surface area contributed by atoms with Crippen LogP contribution in [0.15, 0.2) is 71.5 Å².